The van der Waals surface area contributed by atoms with Crippen molar-refractivity contribution in [2.45, 2.75) is 26.1 Å². The van der Waals surface area contributed by atoms with E-state index in [4.69, 9.17) is 10.5 Å². The van der Waals surface area contributed by atoms with E-state index in [1.807, 2.05) is 32.0 Å². The van der Waals surface area contributed by atoms with Crippen LogP contribution in [0, 0.1) is 13.8 Å². The summed E-state index contributed by atoms with van der Waals surface area (Å²) in [6, 6.07) is 10.3. The molecule has 27 heavy (non-hydrogen) atoms. The highest BCUT2D eigenvalue weighted by molar-refractivity contribution is 5.92. The maximum atomic E-state index is 12.7. The Kier molecular flexibility index (Phi) is 6.68. The summed E-state index contributed by atoms with van der Waals surface area (Å²) in [4.78, 5) is 4.02. The summed E-state index contributed by atoms with van der Waals surface area (Å²) >= 11 is 0. The Morgan fingerprint density at radius 3 is 2.48 bits per heavy atom. The molecule has 0 fully saturated rings. The monoisotopic (exact) mass is 381 g/mol. The highest BCUT2D eigenvalue weighted by atomic mass is 19.4. The van der Waals surface area contributed by atoms with E-state index in [-0.39, 0.29) is 24.9 Å². The van der Waals surface area contributed by atoms with Crippen LogP contribution in [0.2, 0.25) is 0 Å². The number of aryl methyl sites for hydroxylation is 2. The number of anilines is 1. The number of aliphatic hydroxyl groups excluding tert-OH is 1. The smallest absolute Gasteiger partial charge is 0.416 e. The third-order valence-corrected chi connectivity index (χ3v) is 3.57. The minimum absolute atomic E-state index is 0.0224. The molecule has 1 unspecified atom stereocenters. The van der Waals surface area contributed by atoms with Gasteiger partial charge in [0, 0.05) is 5.69 Å². The molecule has 0 spiro atoms. The van der Waals surface area contributed by atoms with Crippen LogP contribution in [0.3, 0.4) is 0 Å². The first kappa shape index (κ1) is 20.6. The second-order valence-electron chi connectivity index (χ2n) is 6.22. The topological polar surface area (TPSA) is 79.9 Å². The summed E-state index contributed by atoms with van der Waals surface area (Å²) in [5.74, 6) is 0.146. The Hall–Kier alpha value is -2.74. The van der Waals surface area contributed by atoms with Gasteiger partial charge in [-0.3, -0.25) is 4.99 Å². The summed E-state index contributed by atoms with van der Waals surface area (Å²) in [5, 5.41) is 12.8. The fourth-order valence-corrected chi connectivity index (χ4v) is 2.45. The molecule has 0 aliphatic heterocycles. The van der Waals surface area contributed by atoms with E-state index in [0.29, 0.717) is 0 Å². The Balaban J connectivity index is 1.86. The van der Waals surface area contributed by atoms with Gasteiger partial charge in [0.25, 0.3) is 0 Å². The number of nitrogens with zero attached hydrogens (tertiary/aromatic N) is 1. The number of benzene rings is 2. The molecule has 0 aliphatic carbocycles. The lowest BCUT2D eigenvalue weighted by atomic mass is 10.1. The average Bonchev–Trinajstić information content (AvgIpc) is 2.56. The van der Waals surface area contributed by atoms with Gasteiger partial charge >= 0.3 is 6.18 Å². The van der Waals surface area contributed by atoms with Gasteiger partial charge in [-0.05, 0) is 55.3 Å². The molecule has 146 valence electrons. The minimum Gasteiger partial charge on any atom is -0.491 e. The molecule has 0 saturated carbocycles. The summed E-state index contributed by atoms with van der Waals surface area (Å²) < 4.78 is 43.2. The van der Waals surface area contributed by atoms with Gasteiger partial charge in [0.2, 0.25) is 0 Å². The summed E-state index contributed by atoms with van der Waals surface area (Å²) in [6.07, 6.45) is -5.46. The van der Waals surface area contributed by atoms with Gasteiger partial charge in [0.05, 0.1) is 12.1 Å². The van der Waals surface area contributed by atoms with Crippen molar-refractivity contribution in [1.82, 2.24) is 0 Å². The lowest BCUT2D eigenvalue weighted by Gasteiger charge is -2.13. The van der Waals surface area contributed by atoms with E-state index in [2.05, 4.69) is 10.3 Å². The molecule has 8 heteroatoms. The number of nitrogens with two attached hydrogens (primary N) is 1. The molecule has 2 aromatic rings. The second-order valence-corrected chi connectivity index (χ2v) is 6.22. The van der Waals surface area contributed by atoms with Crippen LogP contribution in [0.4, 0.5) is 18.9 Å². The molecular formula is C19H22F3N3O2. The molecule has 1 atom stereocenters. The molecule has 0 saturated heterocycles. The molecule has 5 nitrogen and oxygen atoms in total. The maximum Gasteiger partial charge on any atom is 0.416 e. The zero-order valence-corrected chi connectivity index (χ0v) is 15.0. The Morgan fingerprint density at radius 2 is 1.85 bits per heavy atom. The van der Waals surface area contributed by atoms with Crippen LogP contribution in [0.5, 0.6) is 5.75 Å². The van der Waals surface area contributed by atoms with E-state index in [0.717, 1.165) is 28.9 Å². The van der Waals surface area contributed by atoms with Crippen LogP contribution in [0.15, 0.2) is 47.5 Å². The van der Waals surface area contributed by atoms with Crippen LogP contribution >= 0.6 is 0 Å². The fraction of sp³-hybridized carbons (Fsp3) is 0.316. The minimum atomic E-state index is -4.45. The highest BCUT2D eigenvalue weighted by Gasteiger charge is 2.30. The number of rotatable bonds is 6. The quantitative estimate of drug-likeness (QED) is 0.529. The molecule has 2 rings (SSSR count). The number of halogens is 3. The van der Waals surface area contributed by atoms with E-state index >= 15 is 0 Å². The Labute approximate surface area is 155 Å². The Morgan fingerprint density at radius 1 is 1.19 bits per heavy atom. The van der Waals surface area contributed by atoms with Gasteiger partial charge in [0.1, 0.15) is 18.5 Å². The first-order valence-electron chi connectivity index (χ1n) is 8.27. The predicted molar refractivity (Wildman–Crippen MR) is 99.0 cm³/mol. The maximum absolute atomic E-state index is 12.7. The van der Waals surface area contributed by atoms with Crippen LogP contribution < -0.4 is 15.8 Å². The average molecular weight is 381 g/mol. The van der Waals surface area contributed by atoms with E-state index < -0.39 is 17.8 Å². The molecule has 4 N–H and O–H groups in total. The summed E-state index contributed by atoms with van der Waals surface area (Å²) in [7, 11) is 0. The fourth-order valence-electron chi connectivity index (χ4n) is 2.45. The van der Waals surface area contributed by atoms with E-state index in [9.17, 15) is 18.3 Å². The first-order chi connectivity index (χ1) is 12.6. The van der Waals surface area contributed by atoms with Crippen LogP contribution in [0.1, 0.15) is 16.7 Å². The molecular weight excluding hydrogens is 359 g/mol. The van der Waals surface area contributed by atoms with Crippen molar-refractivity contribution in [3.05, 3.63) is 59.2 Å². The number of hydrogen-bond donors (Lipinski definition) is 3. The second kappa shape index (κ2) is 8.77. The number of alkyl halides is 3. The highest BCUT2D eigenvalue weighted by Crippen LogP contribution is 2.31. The largest absolute Gasteiger partial charge is 0.491 e. The van der Waals surface area contributed by atoms with Crippen molar-refractivity contribution < 1.29 is 23.0 Å². The van der Waals surface area contributed by atoms with Crippen LogP contribution in [0.25, 0.3) is 0 Å². The third kappa shape index (κ3) is 6.82. The molecule has 0 aliphatic rings. The lowest BCUT2D eigenvalue weighted by Crippen LogP contribution is -2.27. The molecule has 0 bridgehead atoms. The number of aliphatic hydroxyl groups is 1. The van der Waals surface area contributed by atoms with Crippen molar-refractivity contribution in [3.63, 3.8) is 0 Å². The Bertz CT molecular complexity index is 787. The van der Waals surface area contributed by atoms with Crippen molar-refractivity contribution in [3.8, 4) is 5.75 Å². The SMILES string of the molecule is Cc1cc(C)cc(NC(N)=NCC(O)COc2cccc(C(F)(F)F)c2)c1. The van der Waals surface area contributed by atoms with Gasteiger partial charge in [-0.1, -0.05) is 12.1 Å². The number of nitrogens with one attached hydrogen (secondary N) is 1. The van der Waals surface area contributed by atoms with E-state index in [1.165, 1.54) is 12.1 Å². The normalized spacial score (nSPS) is 13.3. The number of hydrogen-bond acceptors (Lipinski definition) is 3. The van der Waals surface area contributed by atoms with Gasteiger partial charge in [0.15, 0.2) is 5.96 Å². The van der Waals surface area contributed by atoms with Crippen molar-refractivity contribution >= 4 is 11.6 Å². The molecule has 0 heterocycles. The van der Waals surface area contributed by atoms with E-state index in [1.54, 1.807) is 0 Å². The molecule has 0 radical (unpaired) electrons. The summed E-state index contributed by atoms with van der Waals surface area (Å²) in [6.45, 7) is 3.66. The van der Waals surface area contributed by atoms with Crippen LogP contribution in [-0.4, -0.2) is 30.3 Å². The van der Waals surface area contributed by atoms with Crippen LogP contribution in [-0.2, 0) is 6.18 Å². The van der Waals surface area contributed by atoms with Crippen molar-refractivity contribution in [2.24, 2.45) is 10.7 Å². The van der Waals surface area contributed by atoms with Crippen molar-refractivity contribution in [1.29, 1.82) is 0 Å². The van der Waals surface area contributed by atoms with Crippen molar-refractivity contribution in [2.75, 3.05) is 18.5 Å². The standard InChI is InChI=1S/C19H22F3N3O2/c1-12-6-13(2)8-15(7-12)25-18(23)24-10-16(26)11-27-17-5-3-4-14(9-17)19(20,21)22/h3-9,16,26H,10-11H2,1-2H3,(H3,23,24,25). The number of guanidine groups is 1. The van der Waals surface area contributed by atoms with Gasteiger partial charge in [-0.25, -0.2) is 0 Å². The predicted octanol–water partition coefficient (Wildman–Crippen LogP) is 3.49. The third-order valence-electron chi connectivity index (χ3n) is 3.57. The zero-order valence-electron chi connectivity index (χ0n) is 15.0. The first-order valence-corrected chi connectivity index (χ1v) is 8.27. The van der Waals surface area contributed by atoms with Gasteiger partial charge < -0.3 is 20.9 Å². The molecule has 2 aromatic carbocycles. The van der Waals surface area contributed by atoms with Gasteiger partial charge in [-0.2, -0.15) is 13.2 Å². The van der Waals surface area contributed by atoms with Gasteiger partial charge in [-0.15, -0.1) is 0 Å². The lowest BCUT2D eigenvalue weighted by molar-refractivity contribution is -0.137. The molecule has 0 aromatic heterocycles. The number of aliphatic imine (C=N–C) groups is 1. The zero-order chi connectivity index (χ0) is 20.0. The molecule has 0 amide bonds. The summed E-state index contributed by atoms with van der Waals surface area (Å²) in [5.41, 5.74) is 7.90. The number of ether oxygens (including phenoxy) is 1.